The number of carboxylic acid groups (broad SMARTS) is 1. The van der Waals surface area contributed by atoms with Crippen LogP contribution in [-0.4, -0.2) is 65.5 Å². The molecule has 0 saturated heterocycles. The summed E-state index contributed by atoms with van der Waals surface area (Å²) in [5.41, 5.74) is 6.91. The van der Waals surface area contributed by atoms with E-state index >= 15 is 0 Å². The van der Waals surface area contributed by atoms with Crippen LogP contribution in [0.5, 0.6) is 0 Å². The molecule has 9 nitrogen and oxygen atoms in total. The summed E-state index contributed by atoms with van der Waals surface area (Å²) in [5, 5.41) is 16.8. The number of nitrogens with two attached hydrogens (primary N) is 1. The predicted molar refractivity (Wildman–Crippen MR) is 125 cm³/mol. The lowest BCUT2D eigenvalue weighted by Crippen LogP contribution is -2.54. The van der Waals surface area contributed by atoms with Crippen LogP contribution in [0.1, 0.15) is 32.3 Å². The smallest absolute Gasteiger partial charge is 0.326 e. The van der Waals surface area contributed by atoms with Crippen LogP contribution >= 0.6 is 11.8 Å². The van der Waals surface area contributed by atoms with Crippen molar-refractivity contribution >= 4 is 35.5 Å². The van der Waals surface area contributed by atoms with Crippen molar-refractivity contribution in [2.45, 2.75) is 51.2 Å². The van der Waals surface area contributed by atoms with Gasteiger partial charge in [-0.1, -0.05) is 44.2 Å². The summed E-state index contributed by atoms with van der Waals surface area (Å²) in [5.74, 6) is -2.02. The number of benzene rings is 1. The molecule has 0 aromatic heterocycles. The molecule has 0 aliphatic carbocycles. The predicted octanol–water partition coefficient (Wildman–Crippen LogP) is 0.526. The molecule has 10 heteroatoms. The maximum Gasteiger partial charge on any atom is 0.326 e. The zero-order chi connectivity index (χ0) is 24.1. The minimum Gasteiger partial charge on any atom is -0.480 e. The van der Waals surface area contributed by atoms with Crippen LogP contribution in [0.4, 0.5) is 0 Å². The van der Waals surface area contributed by atoms with Gasteiger partial charge in [-0.05, 0) is 42.8 Å². The van der Waals surface area contributed by atoms with E-state index in [0.29, 0.717) is 18.6 Å². The molecular weight excluding hydrogens is 432 g/mol. The number of nitrogens with one attached hydrogen (secondary N) is 3. The van der Waals surface area contributed by atoms with Crippen molar-refractivity contribution in [1.82, 2.24) is 16.0 Å². The first kappa shape index (κ1) is 27.4. The van der Waals surface area contributed by atoms with E-state index in [9.17, 15) is 24.3 Å². The van der Waals surface area contributed by atoms with Gasteiger partial charge in [-0.15, -0.1) is 0 Å². The summed E-state index contributed by atoms with van der Waals surface area (Å²) >= 11 is 1.52. The molecule has 178 valence electrons. The van der Waals surface area contributed by atoms with Gasteiger partial charge in [-0.2, -0.15) is 11.8 Å². The van der Waals surface area contributed by atoms with Crippen LogP contribution in [0.2, 0.25) is 0 Å². The van der Waals surface area contributed by atoms with Gasteiger partial charge < -0.3 is 26.8 Å². The number of aliphatic carboxylic acids is 1. The van der Waals surface area contributed by atoms with E-state index in [1.54, 1.807) is 0 Å². The largest absolute Gasteiger partial charge is 0.480 e. The summed E-state index contributed by atoms with van der Waals surface area (Å²) in [4.78, 5) is 48.5. The molecule has 3 atom stereocenters. The second-order valence-electron chi connectivity index (χ2n) is 7.94. The Morgan fingerprint density at radius 2 is 1.69 bits per heavy atom. The van der Waals surface area contributed by atoms with E-state index < -0.39 is 41.8 Å². The van der Waals surface area contributed by atoms with Crippen molar-refractivity contribution in [2.75, 3.05) is 18.6 Å². The maximum atomic E-state index is 12.6. The molecule has 3 amide bonds. The lowest BCUT2D eigenvalue weighted by molar-refractivity contribution is -0.142. The van der Waals surface area contributed by atoms with Crippen molar-refractivity contribution in [3.05, 3.63) is 35.9 Å². The quantitative estimate of drug-likeness (QED) is 0.268. The standard InChI is InChI=1S/C22H34N4O5S/c1-14(2)11-18(22(30)31)25-19(27)13-24-21(29)17(9-10-32-3)26-20(28)16(23)12-15-7-5-4-6-8-15/h4-8,14,16-18H,9-13,23H2,1-3H3,(H,24,29)(H,25,27)(H,26,28)(H,30,31). The number of carbonyl (C=O) groups is 4. The molecule has 0 heterocycles. The van der Waals surface area contributed by atoms with E-state index in [1.165, 1.54) is 11.8 Å². The molecular formula is C22H34N4O5S. The fourth-order valence-electron chi connectivity index (χ4n) is 2.97. The van der Waals surface area contributed by atoms with Gasteiger partial charge in [0, 0.05) is 0 Å². The van der Waals surface area contributed by atoms with Crippen LogP contribution in [0.3, 0.4) is 0 Å². The van der Waals surface area contributed by atoms with Crippen molar-refractivity contribution in [3.63, 3.8) is 0 Å². The van der Waals surface area contributed by atoms with Gasteiger partial charge in [-0.25, -0.2) is 4.79 Å². The van der Waals surface area contributed by atoms with Crippen molar-refractivity contribution < 1.29 is 24.3 Å². The number of hydrogen-bond acceptors (Lipinski definition) is 6. The van der Waals surface area contributed by atoms with Gasteiger partial charge >= 0.3 is 5.97 Å². The zero-order valence-electron chi connectivity index (χ0n) is 18.8. The average molecular weight is 467 g/mol. The van der Waals surface area contributed by atoms with Crippen molar-refractivity contribution in [3.8, 4) is 0 Å². The van der Waals surface area contributed by atoms with Crippen LogP contribution < -0.4 is 21.7 Å². The van der Waals surface area contributed by atoms with Gasteiger partial charge in [0.05, 0.1) is 12.6 Å². The van der Waals surface area contributed by atoms with Crippen molar-refractivity contribution in [1.29, 1.82) is 0 Å². The molecule has 3 unspecified atom stereocenters. The van der Waals surface area contributed by atoms with Crippen LogP contribution in [0.25, 0.3) is 0 Å². The SMILES string of the molecule is CSCCC(NC(=O)C(N)Cc1ccccc1)C(=O)NCC(=O)NC(CC(C)C)C(=O)O. The van der Waals surface area contributed by atoms with Gasteiger partial charge in [0.15, 0.2) is 0 Å². The fourth-order valence-corrected chi connectivity index (χ4v) is 3.44. The average Bonchev–Trinajstić information content (AvgIpc) is 2.74. The number of amides is 3. The Hall–Kier alpha value is -2.59. The minimum absolute atomic E-state index is 0.0808. The topological polar surface area (TPSA) is 151 Å². The van der Waals surface area contributed by atoms with Crippen LogP contribution in [0.15, 0.2) is 30.3 Å². The number of carbonyl (C=O) groups excluding carboxylic acids is 3. The summed E-state index contributed by atoms with van der Waals surface area (Å²) in [6, 6.07) is 6.62. The number of hydrogen-bond donors (Lipinski definition) is 5. The molecule has 1 aromatic rings. The number of rotatable bonds is 14. The number of thioether (sulfide) groups is 1. The highest BCUT2D eigenvalue weighted by Crippen LogP contribution is 2.06. The lowest BCUT2D eigenvalue weighted by Gasteiger charge is -2.21. The minimum atomic E-state index is -1.13. The third-order valence-corrected chi connectivity index (χ3v) is 5.29. The molecule has 0 saturated carbocycles. The highest BCUT2D eigenvalue weighted by molar-refractivity contribution is 7.98. The molecule has 1 rings (SSSR count). The summed E-state index contributed by atoms with van der Waals surface area (Å²) in [6.07, 6.45) is 2.86. The van der Waals surface area contributed by atoms with Gasteiger partial charge in [-0.3, -0.25) is 14.4 Å². The van der Waals surface area contributed by atoms with E-state index in [-0.39, 0.29) is 18.9 Å². The summed E-state index contributed by atoms with van der Waals surface area (Å²) < 4.78 is 0. The second-order valence-corrected chi connectivity index (χ2v) is 8.93. The maximum absolute atomic E-state index is 12.6. The number of carboxylic acids is 1. The Labute approximate surface area is 193 Å². The summed E-state index contributed by atoms with van der Waals surface area (Å²) in [6.45, 7) is 3.32. The van der Waals surface area contributed by atoms with E-state index in [4.69, 9.17) is 5.73 Å². The molecule has 0 aliphatic heterocycles. The first-order valence-electron chi connectivity index (χ1n) is 10.5. The van der Waals surface area contributed by atoms with Gasteiger partial charge in [0.2, 0.25) is 17.7 Å². The van der Waals surface area contributed by atoms with Crippen LogP contribution in [0, 0.1) is 5.92 Å². The Morgan fingerprint density at radius 3 is 2.25 bits per heavy atom. The molecule has 0 aliphatic rings. The van der Waals surface area contributed by atoms with Crippen LogP contribution in [-0.2, 0) is 25.6 Å². The molecule has 6 N–H and O–H groups in total. The molecule has 0 fully saturated rings. The normalized spacial score (nSPS) is 13.7. The van der Waals surface area contributed by atoms with E-state index in [1.807, 2.05) is 50.4 Å². The third kappa shape index (κ3) is 10.6. The van der Waals surface area contributed by atoms with Gasteiger partial charge in [0.25, 0.3) is 0 Å². The Balaban J connectivity index is 2.63. The first-order valence-corrected chi connectivity index (χ1v) is 11.9. The highest BCUT2D eigenvalue weighted by atomic mass is 32.2. The van der Waals surface area contributed by atoms with E-state index in [2.05, 4.69) is 16.0 Å². The second kappa shape index (κ2) is 14.5. The molecule has 0 spiro atoms. The zero-order valence-corrected chi connectivity index (χ0v) is 19.6. The lowest BCUT2D eigenvalue weighted by atomic mass is 10.0. The summed E-state index contributed by atoms with van der Waals surface area (Å²) in [7, 11) is 0. The van der Waals surface area contributed by atoms with E-state index in [0.717, 1.165) is 5.56 Å². The fraction of sp³-hybridized carbons (Fsp3) is 0.545. The molecule has 0 bridgehead atoms. The Bertz CT molecular complexity index is 760. The van der Waals surface area contributed by atoms with Gasteiger partial charge in [0.1, 0.15) is 12.1 Å². The Morgan fingerprint density at radius 1 is 1.03 bits per heavy atom. The molecule has 1 aromatic carbocycles. The Kier molecular flexibility index (Phi) is 12.4. The highest BCUT2D eigenvalue weighted by Gasteiger charge is 2.25. The van der Waals surface area contributed by atoms with Crippen molar-refractivity contribution in [2.24, 2.45) is 11.7 Å². The molecule has 0 radical (unpaired) electrons. The molecule has 32 heavy (non-hydrogen) atoms. The first-order chi connectivity index (χ1) is 15.1. The third-order valence-electron chi connectivity index (χ3n) is 4.64. The monoisotopic (exact) mass is 466 g/mol.